The number of fused-ring (bicyclic) bond motifs is 1. The molecule has 1 N–H and O–H groups in total. The smallest absolute Gasteiger partial charge is 0.186 e. The Labute approximate surface area is 207 Å². The number of aromatic hydroxyl groups is 1. The van der Waals surface area contributed by atoms with Crippen LogP contribution in [0.2, 0.25) is 0 Å². The van der Waals surface area contributed by atoms with Crippen LogP contribution in [0, 0.1) is 0 Å². The molecule has 0 saturated carbocycles. The number of anilines is 1. The molecule has 3 heterocycles. The van der Waals surface area contributed by atoms with Gasteiger partial charge in [-0.05, 0) is 45.8 Å². The second-order valence-corrected chi connectivity index (χ2v) is 9.67. The molecule has 8 nitrogen and oxygen atoms in total. The van der Waals surface area contributed by atoms with Crippen molar-refractivity contribution < 1.29 is 5.11 Å². The Morgan fingerprint density at radius 3 is 2.37 bits per heavy atom. The quantitative estimate of drug-likeness (QED) is 0.392. The summed E-state index contributed by atoms with van der Waals surface area (Å²) < 4.78 is 3.10. The fraction of sp³-hybridized carbons (Fsp3) is 0.231. The SMILES string of the molecule is Oc1ccc([C@H](c2nnnn2Cc2ccccc2)N2CCN(c3nc4ccccc4s3)CC2)cc1. The Morgan fingerprint density at radius 1 is 0.857 bits per heavy atom. The average molecular weight is 484 g/mol. The predicted octanol–water partition coefficient (Wildman–Crippen LogP) is 3.95. The van der Waals surface area contributed by atoms with Crippen LogP contribution < -0.4 is 4.90 Å². The number of benzene rings is 3. The summed E-state index contributed by atoms with van der Waals surface area (Å²) in [5.41, 5.74) is 3.25. The molecule has 1 fully saturated rings. The van der Waals surface area contributed by atoms with Crippen molar-refractivity contribution in [1.29, 1.82) is 0 Å². The summed E-state index contributed by atoms with van der Waals surface area (Å²) in [4.78, 5) is 9.63. The van der Waals surface area contributed by atoms with E-state index in [1.807, 2.05) is 41.1 Å². The fourth-order valence-corrected chi connectivity index (χ4v) is 5.64. The van der Waals surface area contributed by atoms with E-state index in [2.05, 4.69) is 55.7 Å². The molecule has 1 saturated heterocycles. The van der Waals surface area contributed by atoms with E-state index in [4.69, 9.17) is 4.98 Å². The number of hydrogen-bond donors (Lipinski definition) is 1. The van der Waals surface area contributed by atoms with Crippen molar-refractivity contribution in [3.63, 3.8) is 0 Å². The van der Waals surface area contributed by atoms with Crippen molar-refractivity contribution in [2.75, 3.05) is 31.1 Å². The van der Waals surface area contributed by atoms with Crippen molar-refractivity contribution in [2.24, 2.45) is 0 Å². The van der Waals surface area contributed by atoms with Gasteiger partial charge < -0.3 is 10.0 Å². The van der Waals surface area contributed by atoms with E-state index in [1.54, 1.807) is 23.5 Å². The van der Waals surface area contributed by atoms with Gasteiger partial charge >= 0.3 is 0 Å². The zero-order valence-electron chi connectivity index (χ0n) is 19.1. The van der Waals surface area contributed by atoms with Gasteiger partial charge in [0.2, 0.25) is 0 Å². The minimum absolute atomic E-state index is 0.119. The molecule has 0 amide bonds. The van der Waals surface area contributed by atoms with Crippen molar-refractivity contribution in [3.05, 3.63) is 95.8 Å². The maximum atomic E-state index is 9.88. The van der Waals surface area contributed by atoms with Crippen LogP contribution in [0.25, 0.3) is 10.2 Å². The highest BCUT2D eigenvalue weighted by Gasteiger charge is 2.31. The summed E-state index contributed by atoms with van der Waals surface area (Å²) >= 11 is 1.74. The van der Waals surface area contributed by atoms with Crippen LogP contribution in [0.5, 0.6) is 5.75 Å². The normalized spacial score (nSPS) is 15.5. The number of hydrogen-bond acceptors (Lipinski definition) is 8. The maximum Gasteiger partial charge on any atom is 0.186 e. The van der Waals surface area contributed by atoms with E-state index in [0.29, 0.717) is 6.54 Å². The van der Waals surface area contributed by atoms with E-state index >= 15 is 0 Å². The van der Waals surface area contributed by atoms with Gasteiger partial charge in [0.1, 0.15) is 5.75 Å². The summed E-state index contributed by atoms with van der Waals surface area (Å²) in [6, 6.07) is 25.8. The first-order valence-corrected chi connectivity index (χ1v) is 12.5. The van der Waals surface area contributed by atoms with E-state index in [0.717, 1.165) is 53.8 Å². The molecule has 1 aliphatic heterocycles. The Bertz CT molecular complexity index is 1380. The van der Waals surface area contributed by atoms with E-state index in [9.17, 15) is 5.11 Å². The molecule has 0 aliphatic carbocycles. The summed E-state index contributed by atoms with van der Waals surface area (Å²) in [5, 5.41) is 23.8. The molecule has 0 bridgehead atoms. The van der Waals surface area contributed by atoms with Gasteiger partial charge in [-0.15, -0.1) is 5.10 Å². The zero-order valence-corrected chi connectivity index (χ0v) is 19.9. The Kier molecular flexibility index (Phi) is 5.85. The first kappa shape index (κ1) is 21.7. The van der Waals surface area contributed by atoms with Crippen molar-refractivity contribution in [2.45, 2.75) is 12.6 Å². The largest absolute Gasteiger partial charge is 0.508 e. The summed E-state index contributed by atoms with van der Waals surface area (Å²) in [6.45, 7) is 4.03. The van der Waals surface area contributed by atoms with E-state index in [1.165, 1.54) is 4.70 Å². The number of aromatic nitrogens is 5. The molecule has 35 heavy (non-hydrogen) atoms. The number of tetrazole rings is 1. The highest BCUT2D eigenvalue weighted by atomic mass is 32.1. The van der Waals surface area contributed by atoms with Crippen LogP contribution in [-0.4, -0.2) is 61.4 Å². The van der Waals surface area contributed by atoms with Gasteiger partial charge in [-0.25, -0.2) is 9.67 Å². The summed E-state index contributed by atoms with van der Waals surface area (Å²) in [7, 11) is 0. The molecule has 2 aromatic heterocycles. The van der Waals surface area contributed by atoms with Crippen LogP contribution in [0.4, 0.5) is 5.13 Å². The van der Waals surface area contributed by atoms with Crippen LogP contribution in [0.3, 0.4) is 0 Å². The molecule has 0 spiro atoms. The highest BCUT2D eigenvalue weighted by Crippen LogP contribution is 2.33. The van der Waals surface area contributed by atoms with Crippen molar-refractivity contribution >= 4 is 26.7 Å². The Balaban J connectivity index is 1.27. The summed E-state index contributed by atoms with van der Waals surface area (Å²) in [5.74, 6) is 1.05. The molecule has 9 heteroatoms. The van der Waals surface area contributed by atoms with Gasteiger partial charge in [0.25, 0.3) is 0 Å². The Hall–Kier alpha value is -3.82. The molecule has 6 rings (SSSR count). The third-order valence-corrected chi connectivity index (χ3v) is 7.52. The number of para-hydroxylation sites is 1. The number of piperazine rings is 1. The third-order valence-electron chi connectivity index (χ3n) is 6.42. The second-order valence-electron chi connectivity index (χ2n) is 8.66. The van der Waals surface area contributed by atoms with Gasteiger partial charge in [-0.3, -0.25) is 4.90 Å². The van der Waals surface area contributed by atoms with Gasteiger partial charge in [0.15, 0.2) is 11.0 Å². The van der Waals surface area contributed by atoms with Crippen molar-refractivity contribution in [3.8, 4) is 5.75 Å². The van der Waals surface area contributed by atoms with Gasteiger partial charge in [-0.2, -0.15) is 0 Å². The first-order chi connectivity index (χ1) is 17.2. The van der Waals surface area contributed by atoms with E-state index in [-0.39, 0.29) is 11.8 Å². The van der Waals surface area contributed by atoms with Gasteiger partial charge in [-0.1, -0.05) is 65.9 Å². The molecule has 3 aromatic carbocycles. The summed E-state index contributed by atoms with van der Waals surface area (Å²) in [6.07, 6.45) is 0. The van der Waals surface area contributed by atoms with Crippen LogP contribution in [-0.2, 0) is 6.54 Å². The van der Waals surface area contributed by atoms with Crippen LogP contribution in [0.15, 0.2) is 78.9 Å². The molecule has 176 valence electrons. The topological polar surface area (TPSA) is 83.2 Å². The predicted molar refractivity (Wildman–Crippen MR) is 137 cm³/mol. The molecular weight excluding hydrogens is 458 g/mol. The second kappa shape index (κ2) is 9.44. The van der Waals surface area contributed by atoms with Gasteiger partial charge in [0.05, 0.1) is 22.8 Å². The van der Waals surface area contributed by atoms with Gasteiger partial charge in [0, 0.05) is 26.2 Å². The van der Waals surface area contributed by atoms with E-state index < -0.39 is 0 Å². The molecule has 0 unspecified atom stereocenters. The minimum atomic E-state index is -0.119. The molecule has 1 atom stereocenters. The highest BCUT2D eigenvalue weighted by molar-refractivity contribution is 7.22. The number of phenols is 1. The molecule has 5 aromatic rings. The number of nitrogens with zero attached hydrogens (tertiary/aromatic N) is 7. The van der Waals surface area contributed by atoms with Crippen LogP contribution >= 0.6 is 11.3 Å². The molecule has 1 aliphatic rings. The average Bonchev–Trinajstić information content (AvgIpc) is 3.54. The van der Waals surface area contributed by atoms with Crippen molar-refractivity contribution in [1.82, 2.24) is 30.1 Å². The molecule has 0 radical (unpaired) electrons. The number of thiazole rings is 1. The third kappa shape index (κ3) is 4.48. The first-order valence-electron chi connectivity index (χ1n) is 11.7. The number of rotatable bonds is 6. The number of phenolic OH excluding ortho intramolecular Hbond substituents is 1. The lowest BCUT2D eigenvalue weighted by molar-refractivity contribution is 0.201. The fourth-order valence-electron chi connectivity index (χ4n) is 4.62. The lowest BCUT2D eigenvalue weighted by Crippen LogP contribution is -2.48. The standard InChI is InChI=1S/C26H25N7OS/c34-21-12-10-20(11-13-21)24(25-28-29-30-33(25)18-19-6-2-1-3-7-19)31-14-16-32(17-15-31)26-27-22-8-4-5-9-23(22)35-26/h1-13,24,34H,14-18H2/t24-/m1/s1. The maximum absolute atomic E-state index is 9.88. The minimum Gasteiger partial charge on any atom is -0.508 e. The Morgan fingerprint density at radius 2 is 1.60 bits per heavy atom. The zero-order chi connectivity index (χ0) is 23.6. The molecular formula is C26H25N7OS. The lowest BCUT2D eigenvalue weighted by Gasteiger charge is -2.38. The lowest BCUT2D eigenvalue weighted by atomic mass is 10.0. The monoisotopic (exact) mass is 483 g/mol. The van der Waals surface area contributed by atoms with Crippen LogP contribution in [0.1, 0.15) is 23.0 Å².